The molecule has 0 aliphatic carbocycles. The fraction of sp³-hybridized carbons (Fsp3) is 0.263. The molecule has 138 valence electrons. The highest BCUT2D eigenvalue weighted by atomic mass is 35.5. The maximum atomic E-state index is 12.1. The normalized spacial score (nSPS) is 10.5. The number of hydrogen-bond acceptors (Lipinski definition) is 4. The number of carbonyl (C=O) groups excluding carboxylic acids is 2. The van der Waals surface area contributed by atoms with E-state index in [1.54, 1.807) is 48.5 Å². The van der Waals surface area contributed by atoms with E-state index in [0.717, 1.165) is 6.54 Å². The van der Waals surface area contributed by atoms with Gasteiger partial charge < -0.3 is 20.3 Å². The lowest BCUT2D eigenvalue weighted by atomic mass is 10.2. The second-order valence-corrected chi connectivity index (χ2v) is 6.31. The number of carbonyl (C=O) groups is 2. The van der Waals surface area contributed by atoms with Gasteiger partial charge in [-0.1, -0.05) is 29.8 Å². The Bertz CT molecular complexity index is 765. The lowest BCUT2D eigenvalue weighted by molar-refractivity contribution is -0.118. The fourth-order valence-corrected chi connectivity index (χ4v) is 2.33. The molecule has 0 heterocycles. The van der Waals surface area contributed by atoms with Crippen LogP contribution in [0.15, 0.2) is 48.5 Å². The minimum absolute atomic E-state index is 0.178. The first-order chi connectivity index (χ1) is 12.5. The first-order valence-corrected chi connectivity index (χ1v) is 8.53. The van der Waals surface area contributed by atoms with Gasteiger partial charge in [-0.05, 0) is 44.4 Å². The first-order valence-electron chi connectivity index (χ1n) is 8.16. The van der Waals surface area contributed by atoms with Gasteiger partial charge in [0.2, 0.25) is 0 Å². The van der Waals surface area contributed by atoms with E-state index in [1.807, 2.05) is 19.0 Å². The second kappa shape index (κ2) is 9.79. The molecule has 0 fully saturated rings. The lowest BCUT2D eigenvalue weighted by Gasteiger charge is -2.11. The number of ether oxygens (including phenoxy) is 1. The lowest BCUT2D eigenvalue weighted by Crippen LogP contribution is -2.31. The van der Waals surface area contributed by atoms with Gasteiger partial charge in [0, 0.05) is 24.3 Å². The molecule has 2 rings (SSSR count). The van der Waals surface area contributed by atoms with E-state index in [-0.39, 0.29) is 18.4 Å². The van der Waals surface area contributed by atoms with E-state index >= 15 is 0 Å². The number of nitrogens with zero attached hydrogens (tertiary/aromatic N) is 1. The average Bonchev–Trinajstić information content (AvgIpc) is 2.61. The number of hydrogen-bond donors (Lipinski definition) is 2. The SMILES string of the molecule is CN(C)CCNC(=O)c1cccc(NC(=O)COc2ccccc2Cl)c1. The summed E-state index contributed by atoms with van der Waals surface area (Å²) in [7, 11) is 3.88. The van der Waals surface area contributed by atoms with Crippen LogP contribution >= 0.6 is 11.6 Å². The number of benzene rings is 2. The molecule has 0 aliphatic rings. The van der Waals surface area contributed by atoms with Crippen LogP contribution in [0.2, 0.25) is 5.02 Å². The van der Waals surface area contributed by atoms with Crippen molar-refractivity contribution in [2.45, 2.75) is 0 Å². The van der Waals surface area contributed by atoms with Crippen molar-refractivity contribution in [2.75, 3.05) is 39.1 Å². The van der Waals surface area contributed by atoms with Crippen molar-refractivity contribution in [1.82, 2.24) is 10.2 Å². The molecule has 0 atom stereocenters. The predicted molar refractivity (Wildman–Crippen MR) is 103 cm³/mol. The predicted octanol–water partition coefficient (Wildman–Crippen LogP) is 2.65. The monoisotopic (exact) mass is 375 g/mol. The first kappa shape index (κ1) is 19.8. The van der Waals surface area contributed by atoms with Crippen molar-refractivity contribution in [3.05, 3.63) is 59.1 Å². The Morgan fingerprint density at radius 2 is 1.88 bits per heavy atom. The van der Waals surface area contributed by atoms with E-state index in [9.17, 15) is 9.59 Å². The smallest absolute Gasteiger partial charge is 0.262 e. The minimum atomic E-state index is -0.338. The summed E-state index contributed by atoms with van der Waals surface area (Å²) >= 11 is 5.98. The topological polar surface area (TPSA) is 70.7 Å². The standard InChI is InChI=1S/C19H22ClN3O3/c1-23(2)11-10-21-19(25)14-6-5-7-15(12-14)22-18(24)13-26-17-9-4-3-8-16(17)20/h3-9,12H,10-11,13H2,1-2H3,(H,21,25)(H,22,24). The molecule has 2 amide bonds. The summed E-state index contributed by atoms with van der Waals surface area (Å²) in [5.41, 5.74) is 1.01. The summed E-state index contributed by atoms with van der Waals surface area (Å²) in [6.45, 7) is 1.12. The Labute approximate surface area is 158 Å². The summed E-state index contributed by atoms with van der Waals surface area (Å²) in [5.74, 6) is -0.0799. The molecule has 0 saturated carbocycles. The van der Waals surface area contributed by atoms with Gasteiger partial charge >= 0.3 is 0 Å². The minimum Gasteiger partial charge on any atom is -0.482 e. The quantitative estimate of drug-likeness (QED) is 0.744. The van der Waals surface area contributed by atoms with Crippen LogP contribution in [0.25, 0.3) is 0 Å². The van der Waals surface area contributed by atoms with Crippen LogP contribution in [0.4, 0.5) is 5.69 Å². The average molecular weight is 376 g/mol. The van der Waals surface area contributed by atoms with Gasteiger partial charge in [-0.15, -0.1) is 0 Å². The molecule has 0 aromatic heterocycles. The van der Waals surface area contributed by atoms with Gasteiger partial charge in [0.15, 0.2) is 6.61 Å². The highest BCUT2D eigenvalue weighted by Gasteiger charge is 2.09. The van der Waals surface area contributed by atoms with Crippen molar-refractivity contribution in [1.29, 1.82) is 0 Å². The zero-order valence-electron chi connectivity index (χ0n) is 14.8. The second-order valence-electron chi connectivity index (χ2n) is 5.91. The molecular formula is C19H22ClN3O3. The van der Waals surface area contributed by atoms with Crippen molar-refractivity contribution in [2.24, 2.45) is 0 Å². The maximum Gasteiger partial charge on any atom is 0.262 e. The van der Waals surface area contributed by atoms with Crippen molar-refractivity contribution in [3.63, 3.8) is 0 Å². The van der Waals surface area contributed by atoms with Gasteiger partial charge in [0.05, 0.1) is 5.02 Å². The van der Waals surface area contributed by atoms with Gasteiger partial charge in [-0.3, -0.25) is 9.59 Å². The number of halogens is 1. The molecule has 0 unspecified atom stereocenters. The maximum absolute atomic E-state index is 12.1. The number of anilines is 1. The zero-order chi connectivity index (χ0) is 18.9. The number of amides is 2. The van der Waals surface area contributed by atoms with E-state index in [0.29, 0.717) is 28.6 Å². The van der Waals surface area contributed by atoms with Crippen molar-refractivity contribution in [3.8, 4) is 5.75 Å². The van der Waals surface area contributed by atoms with Crippen LogP contribution in [0.1, 0.15) is 10.4 Å². The Kier molecular flexibility index (Phi) is 7.44. The molecule has 0 aliphatic heterocycles. The van der Waals surface area contributed by atoms with Gasteiger partial charge in [0.1, 0.15) is 5.75 Å². The fourth-order valence-electron chi connectivity index (χ4n) is 2.14. The highest BCUT2D eigenvalue weighted by Crippen LogP contribution is 2.23. The molecule has 7 heteroatoms. The third kappa shape index (κ3) is 6.38. The summed E-state index contributed by atoms with van der Waals surface area (Å²) in [6, 6.07) is 13.7. The molecule has 6 nitrogen and oxygen atoms in total. The number of likely N-dealkylation sites (N-methyl/N-ethyl adjacent to an activating group) is 1. The number of rotatable bonds is 8. The number of nitrogens with one attached hydrogen (secondary N) is 2. The Hall–Kier alpha value is -2.57. The molecular weight excluding hydrogens is 354 g/mol. The summed E-state index contributed by atoms with van der Waals surface area (Å²) in [4.78, 5) is 26.2. The molecule has 2 aromatic carbocycles. The van der Waals surface area contributed by atoms with Gasteiger partial charge in [0.25, 0.3) is 11.8 Å². The van der Waals surface area contributed by atoms with Crippen LogP contribution in [0.3, 0.4) is 0 Å². The molecule has 0 bridgehead atoms. The molecule has 2 N–H and O–H groups in total. The highest BCUT2D eigenvalue weighted by molar-refractivity contribution is 6.32. The van der Waals surface area contributed by atoms with Gasteiger partial charge in [-0.25, -0.2) is 0 Å². The molecule has 26 heavy (non-hydrogen) atoms. The molecule has 0 spiro atoms. The van der Waals surface area contributed by atoms with Crippen LogP contribution < -0.4 is 15.4 Å². The third-order valence-corrected chi connectivity index (χ3v) is 3.76. The van der Waals surface area contributed by atoms with E-state index in [2.05, 4.69) is 10.6 Å². The summed E-state index contributed by atoms with van der Waals surface area (Å²) in [5, 5.41) is 5.98. The zero-order valence-corrected chi connectivity index (χ0v) is 15.5. The Morgan fingerprint density at radius 3 is 2.62 bits per heavy atom. The van der Waals surface area contributed by atoms with Crippen LogP contribution in [-0.2, 0) is 4.79 Å². The summed E-state index contributed by atoms with van der Waals surface area (Å²) < 4.78 is 5.40. The third-order valence-electron chi connectivity index (χ3n) is 3.45. The molecule has 0 radical (unpaired) electrons. The van der Waals surface area contributed by atoms with Crippen molar-refractivity contribution < 1.29 is 14.3 Å². The van der Waals surface area contributed by atoms with E-state index in [4.69, 9.17) is 16.3 Å². The summed E-state index contributed by atoms with van der Waals surface area (Å²) in [6.07, 6.45) is 0. The largest absolute Gasteiger partial charge is 0.482 e. The Balaban J connectivity index is 1.88. The van der Waals surface area contributed by atoms with E-state index < -0.39 is 0 Å². The van der Waals surface area contributed by atoms with Crippen LogP contribution in [-0.4, -0.2) is 50.5 Å². The van der Waals surface area contributed by atoms with Gasteiger partial charge in [-0.2, -0.15) is 0 Å². The van der Waals surface area contributed by atoms with Crippen LogP contribution in [0, 0.1) is 0 Å². The molecule has 2 aromatic rings. The van der Waals surface area contributed by atoms with Crippen molar-refractivity contribution >= 4 is 29.1 Å². The van der Waals surface area contributed by atoms with Crippen LogP contribution in [0.5, 0.6) is 5.75 Å². The Morgan fingerprint density at radius 1 is 1.12 bits per heavy atom. The van der Waals surface area contributed by atoms with E-state index in [1.165, 1.54) is 0 Å². The number of para-hydroxylation sites is 1. The molecule has 0 saturated heterocycles.